The lowest BCUT2D eigenvalue weighted by atomic mass is 10.1. The van der Waals surface area contributed by atoms with Crippen LogP contribution in [0.1, 0.15) is 40.5 Å². The Kier molecular flexibility index (Phi) is 6.74. The van der Waals surface area contributed by atoms with E-state index in [-0.39, 0.29) is 23.8 Å². The van der Waals surface area contributed by atoms with Gasteiger partial charge in [0.25, 0.3) is 0 Å². The second kappa shape index (κ2) is 9.02. The van der Waals surface area contributed by atoms with Crippen LogP contribution in [-0.4, -0.2) is 34.1 Å². The monoisotopic (exact) mass is 345 g/mol. The minimum absolute atomic E-state index is 0.103. The molecule has 0 bridgehead atoms. The van der Waals surface area contributed by atoms with Gasteiger partial charge >= 0.3 is 5.97 Å². The SMILES string of the molecule is CCOC(=O)c1cnc(SCCCC(=O)c2ccccc2)nc1N. The zero-order valence-electron chi connectivity index (χ0n) is 13.4. The number of hydrogen-bond acceptors (Lipinski definition) is 7. The average molecular weight is 345 g/mol. The summed E-state index contributed by atoms with van der Waals surface area (Å²) in [5, 5.41) is 0.479. The number of benzene rings is 1. The van der Waals surface area contributed by atoms with Crippen molar-refractivity contribution in [1.29, 1.82) is 0 Å². The van der Waals surface area contributed by atoms with Gasteiger partial charge in [-0.3, -0.25) is 4.79 Å². The van der Waals surface area contributed by atoms with Gasteiger partial charge in [-0.25, -0.2) is 14.8 Å². The predicted octanol–water partition coefficient (Wildman–Crippen LogP) is 2.99. The Bertz CT molecular complexity index is 707. The highest BCUT2D eigenvalue weighted by molar-refractivity contribution is 7.99. The van der Waals surface area contributed by atoms with Gasteiger partial charge in [0, 0.05) is 23.9 Å². The van der Waals surface area contributed by atoms with Crippen LogP contribution in [0, 0.1) is 0 Å². The number of esters is 1. The fourth-order valence-corrected chi connectivity index (χ4v) is 2.74. The number of hydrogen-bond donors (Lipinski definition) is 1. The largest absolute Gasteiger partial charge is 0.462 e. The first-order chi connectivity index (χ1) is 11.6. The van der Waals surface area contributed by atoms with E-state index in [2.05, 4.69) is 9.97 Å². The molecule has 0 unspecified atom stereocenters. The summed E-state index contributed by atoms with van der Waals surface area (Å²) in [7, 11) is 0. The zero-order chi connectivity index (χ0) is 17.4. The number of rotatable bonds is 8. The molecular weight excluding hydrogens is 326 g/mol. The van der Waals surface area contributed by atoms with E-state index in [1.807, 2.05) is 30.3 Å². The number of nitrogens with two attached hydrogens (primary N) is 1. The summed E-state index contributed by atoms with van der Waals surface area (Å²) in [6.07, 6.45) is 2.55. The molecule has 1 heterocycles. The van der Waals surface area contributed by atoms with E-state index in [4.69, 9.17) is 10.5 Å². The molecule has 2 rings (SSSR count). The van der Waals surface area contributed by atoms with E-state index in [1.54, 1.807) is 6.92 Å². The van der Waals surface area contributed by atoms with Crippen molar-refractivity contribution in [2.24, 2.45) is 0 Å². The van der Waals surface area contributed by atoms with Crippen LogP contribution in [0.2, 0.25) is 0 Å². The lowest BCUT2D eigenvalue weighted by Crippen LogP contribution is -2.10. The van der Waals surface area contributed by atoms with Gasteiger partial charge in [0.1, 0.15) is 11.4 Å². The molecule has 0 amide bonds. The third-order valence-electron chi connectivity index (χ3n) is 3.17. The van der Waals surface area contributed by atoms with Crippen molar-refractivity contribution in [3.63, 3.8) is 0 Å². The van der Waals surface area contributed by atoms with E-state index >= 15 is 0 Å². The van der Waals surface area contributed by atoms with E-state index in [1.165, 1.54) is 18.0 Å². The number of thioether (sulfide) groups is 1. The maximum atomic E-state index is 12.0. The number of anilines is 1. The maximum absolute atomic E-state index is 12.0. The van der Waals surface area contributed by atoms with Gasteiger partial charge in [0.15, 0.2) is 10.9 Å². The number of carbonyl (C=O) groups excluding carboxylic acids is 2. The Morgan fingerprint density at radius 3 is 2.67 bits per heavy atom. The number of Topliss-reactive ketones (excluding diaryl/α,β-unsaturated/α-hetero) is 1. The van der Waals surface area contributed by atoms with Crippen LogP contribution in [0.4, 0.5) is 5.82 Å². The highest BCUT2D eigenvalue weighted by atomic mass is 32.2. The molecule has 1 aromatic carbocycles. The van der Waals surface area contributed by atoms with Crippen LogP contribution >= 0.6 is 11.8 Å². The van der Waals surface area contributed by atoms with Crippen LogP contribution in [0.15, 0.2) is 41.7 Å². The normalized spacial score (nSPS) is 10.4. The minimum Gasteiger partial charge on any atom is -0.462 e. The van der Waals surface area contributed by atoms with Gasteiger partial charge in [0.05, 0.1) is 6.61 Å². The topological polar surface area (TPSA) is 95.2 Å². The summed E-state index contributed by atoms with van der Waals surface area (Å²) in [4.78, 5) is 31.8. The van der Waals surface area contributed by atoms with Crippen molar-refractivity contribution in [3.05, 3.63) is 47.7 Å². The Labute approximate surface area is 144 Å². The van der Waals surface area contributed by atoms with Crippen LogP contribution < -0.4 is 5.73 Å². The number of ether oxygens (including phenoxy) is 1. The number of nitrogen functional groups attached to an aromatic ring is 1. The van der Waals surface area contributed by atoms with Crippen LogP contribution in [0.25, 0.3) is 0 Å². The highest BCUT2D eigenvalue weighted by Gasteiger charge is 2.13. The molecule has 2 aromatic rings. The fraction of sp³-hybridized carbons (Fsp3) is 0.294. The molecule has 0 spiro atoms. The third kappa shape index (κ3) is 5.06. The molecule has 2 N–H and O–H groups in total. The summed E-state index contributed by atoms with van der Waals surface area (Å²) in [5.41, 5.74) is 6.65. The first kappa shape index (κ1) is 17.9. The molecule has 0 radical (unpaired) electrons. The molecule has 0 saturated carbocycles. The first-order valence-electron chi connectivity index (χ1n) is 7.62. The molecule has 0 atom stereocenters. The van der Waals surface area contributed by atoms with Crippen LogP contribution in [0.5, 0.6) is 0 Å². The highest BCUT2D eigenvalue weighted by Crippen LogP contribution is 2.19. The average Bonchev–Trinajstić information content (AvgIpc) is 2.59. The Morgan fingerprint density at radius 1 is 1.25 bits per heavy atom. The molecule has 7 heteroatoms. The Balaban J connectivity index is 1.81. The molecular formula is C17H19N3O3S. The molecule has 126 valence electrons. The third-order valence-corrected chi connectivity index (χ3v) is 4.11. The number of nitrogens with zero attached hydrogens (tertiary/aromatic N) is 2. The number of aromatic nitrogens is 2. The fourth-order valence-electron chi connectivity index (χ4n) is 1.98. The van der Waals surface area contributed by atoms with Gasteiger partial charge in [-0.1, -0.05) is 42.1 Å². The van der Waals surface area contributed by atoms with Gasteiger partial charge in [-0.05, 0) is 13.3 Å². The molecule has 1 aromatic heterocycles. The number of ketones is 1. The predicted molar refractivity (Wildman–Crippen MR) is 93.1 cm³/mol. The van der Waals surface area contributed by atoms with Gasteiger partial charge < -0.3 is 10.5 Å². The second-order valence-electron chi connectivity index (χ2n) is 4.91. The van der Waals surface area contributed by atoms with Crippen molar-refractivity contribution < 1.29 is 14.3 Å². The van der Waals surface area contributed by atoms with Crippen molar-refractivity contribution in [2.75, 3.05) is 18.1 Å². The molecule has 0 aliphatic carbocycles. The Morgan fingerprint density at radius 2 is 2.00 bits per heavy atom. The van der Waals surface area contributed by atoms with Crippen molar-refractivity contribution >= 4 is 29.3 Å². The molecule has 0 saturated heterocycles. The van der Waals surface area contributed by atoms with Gasteiger partial charge in [0.2, 0.25) is 0 Å². The molecule has 24 heavy (non-hydrogen) atoms. The molecule has 0 aliphatic heterocycles. The summed E-state index contributed by atoms with van der Waals surface area (Å²) < 4.78 is 4.87. The lowest BCUT2D eigenvalue weighted by Gasteiger charge is -2.06. The molecule has 0 fully saturated rings. The standard InChI is InChI=1S/C17H19N3O3S/c1-2-23-16(22)13-11-19-17(20-15(13)18)24-10-6-9-14(21)12-7-4-3-5-8-12/h3-5,7-8,11H,2,6,9-10H2,1H3,(H2,18,19,20). The Hall–Kier alpha value is -2.41. The van der Waals surface area contributed by atoms with Crippen molar-refractivity contribution in [1.82, 2.24) is 9.97 Å². The summed E-state index contributed by atoms with van der Waals surface area (Å²) in [5.74, 6) is 0.386. The number of carbonyl (C=O) groups is 2. The minimum atomic E-state index is -0.528. The van der Waals surface area contributed by atoms with Crippen LogP contribution in [-0.2, 0) is 4.74 Å². The smallest absolute Gasteiger partial charge is 0.343 e. The summed E-state index contributed by atoms with van der Waals surface area (Å²) in [6.45, 7) is 1.99. The quantitative estimate of drug-likeness (QED) is 0.258. The first-order valence-corrected chi connectivity index (χ1v) is 8.61. The maximum Gasteiger partial charge on any atom is 0.343 e. The second-order valence-corrected chi connectivity index (χ2v) is 5.98. The zero-order valence-corrected chi connectivity index (χ0v) is 14.2. The van der Waals surface area contributed by atoms with E-state index in [0.717, 1.165) is 5.56 Å². The van der Waals surface area contributed by atoms with Crippen molar-refractivity contribution in [3.8, 4) is 0 Å². The van der Waals surface area contributed by atoms with Gasteiger partial charge in [-0.2, -0.15) is 0 Å². The summed E-state index contributed by atoms with van der Waals surface area (Å²) in [6, 6.07) is 9.21. The van der Waals surface area contributed by atoms with E-state index in [0.29, 0.717) is 23.8 Å². The molecule has 0 aliphatic rings. The van der Waals surface area contributed by atoms with E-state index < -0.39 is 5.97 Å². The van der Waals surface area contributed by atoms with E-state index in [9.17, 15) is 9.59 Å². The summed E-state index contributed by atoms with van der Waals surface area (Å²) >= 11 is 1.40. The molecule has 6 nitrogen and oxygen atoms in total. The lowest BCUT2D eigenvalue weighted by molar-refractivity contribution is 0.0526. The van der Waals surface area contributed by atoms with Crippen LogP contribution in [0.3, 0.4) is 0 Å². The van der Waals surface area contributed by atoms with Crippen molar-refractivity contribution in [2.45, 2.75) is 24.9 Å². The van der Waals surface area contributed by atoms with Gasteiger partial charge in [-0.15, -0.1) is 0 Å².